The summed E-state index contributed by atoms with van der Waals surface area (Å²) in [6, 6.07) is 7.35. The molecule has 1 fully saturated rings. The van der Waals surface area contributed by atoms with Crippen molar-refractivity contribution in [1.82, 2.24) is 10.2 Å². The van der Waals surface area contributed by atoms with Gasteiger partial charge in [0.05, 0.1) is 35.7 Å². The molecule has 0 saturated heterocycles. The zero-order valence-electron chi connectivity index (χ0n) is 23.9. The third-order valence-electron chi connectivity index (χ3n) is 8.67. The van der Waals surface area contributed by atoms with Gasteiger partial charge in [-0.25, -0.2) is 0 Å². The van der Waals surface area contributed by atoms with Gasteiger partial charge in [-0.2, -0.15) is 0 Å². The lowest BCUT2D eigenvalue weighted by Gasteiger charge is -2.41. The summed E-state index contributed by atoms with van der Waals surface area (Å²) >= 11 is 12.5. The molecule has 0 unspecified atom stereocenters. The van der Waals surface area contributed by atoms with E-state index < -0.39 is 30.1 Å². The van der Waals surface area contributed by atoms with Crippen molar-refractivity contribution in [3.05, 3.63) is 68.7 Å². The maximum absolute atomic E-state index is 13.9. The van der Waals surface area contributed by atoms with E-state index in [1.165, 1.54) is 26.0 Å². The molecule has 1 heterocycles. The number of aliphatic hydroxyl groups excluding tert-OH is 2. The van der Waals surface area contributed by atoms with E-state index in [1.807, 2.05) is 0 Å². The van der Waals surface area contributed by atoms with Crippen LogP contribution in [0, 0.1) is 5.92 Å². The molecule has 11 heteroatoms. The second-order valence-electron chi connectivity index (χ2n) is 11.4. The van der Waals surface area contributed by atoms with Crippen LogP contribution in [0.3, 0.4) is 0 Å². The van der Waals surface area contributed by atoms with Crippen LogP contribution >= 0.6 is 23.2 Å². The Kier molecular flexibility index (Phi) is 9.96. The fourth-order valence-corrected chi connectivity index (χ4v) is 6.84. The summed E-state index contributed by atoms with van der Waals surface area (Å²) in [6.45, 7) is -0.134. The number of rotatable bonds is 11. The fourth-order valence-electron chi connectivity index (χ4n) is 6.52. The molecule has 0 bridgehead atoms. The summed E-state index contributed by atoms with van der Waals surface area (Å²) in [5.74, 6) is -0.266. The van der Waals surface area contributed by atoms with Crippen molar-refractivity contribution in [2.24, 2.45) is 5.92 Å². The number of aliphatic hydroxyl groups is 2. The minimum Gasteiger partial charge on any atom is -0.493 e. The first-order valence-electron chi connectivity index (χ1n) is 14.6. The Hall–Kier alpha value is -3.11. The number of hydrogen-bond acceptors (Lipinski definition) is 7. The van der Waals surface area contributed by atoms with Gasteiger partial charge in [0.2, 0.25) is 11.8 Å². The third kappa shape index (κ3) is 6.55. The predicted octanol–water partition coefficient (Wildman–Crippen LogP) is 4.44. The molecule has 3 N–H and O–H groups in total. The van der Waals surface area contributed by atoms with Crippen LogP contribution in [0.2, 0.25) is 10.0 Å². The summed E-state index contributed by atoms with van der Waals surface area (Å²) in [7, 11) is 1.45. The number of halogens is 2. The van der Waals surface area contributed by atoms with Gasteiger partial charge in [0.15, 0.2) is 11.5 Å². The summed E-state index contributed by atoms with van der Waals surface area (Å²) in [5, 5.41) is 24.7. The Labute approximate surface area is 260 Å². The molecule has 1 saturated carbocycles. The van der Waals surface area contributed by atoms with Gasteiger partial charge < -0.3 is 29.9 Å². The first kappa shape index (κ1) is 31.3. The van der Waals surface area contributed by atoms with Crippen LogP contribution in [-0.2, 0) is 16.1 Å². The molecule has 9 nitrogen and oxygen atoms in total. The van der Waals surface area contributed by atoms with Crippen LogP contribution in [0.4, 0.5) is 0 Å². The van der Waals surface area contributed by atoms with Crippen molar-refractivity contribution in [3.63, 3.8) is 0 Å². The summed E-state index contributed by atoms with van der Waals surface area (Å²) in [6.07, 6.45) is 5.68. The number of nitrogens with zero attached hydrogens (tertiary/aromatic N) is 1. The molecule has 0 spiro atoms. The lowest BCUT2D eigenvalue weighted by Crippen LogP contribution is -2.55. The smallest absolute Gasteiger partial charge is 0.247 e. The monoisotopic (exact) mass is 630 g/mol. The predicted molar refractivity (Wildman–Crippen MR) is 162 cm³/mol. The number of carbonyl (C=O) groups is 3. The molecule has 0 radical (unpaired) electrons. The number of amides is 2. The Morgan fingerprint density at radius 1 is 1.16 bits per heavy atom. The van der Waals surface area contributed by atoms with E-state index in [9.17, 15) is 24.6 Å². The van der Waals surface area contributed by atoms with Gasteiger partial charge in [0.25, 0.3) is 0 Å². The van der Waals surface area contributed by atoms with Gasteiger partial charge in [-0.05, 0) is 48.2 Å². The van der Waals surface area contributed by atoms with Crippen molar-refractivity contribution in [3.8, 4) is 11.5 Å². The lowest BCUT2D eigenvalue weighted by molar-refractivity contribution is -0.138. The standard InChI is InChI=1S/C32H36Cl2N2O7/c1-42-26-14-20(17-38)12-21-28-22(32(41)35-10-11-37)15-25(29(40)31(28)43-30(21)26)36(16-19-6-8-23(33)24(34)13-19)27(39)9-7-18-4-2-3-5-18/h6,8,12-15,17-18,25,28-29,31,37,40H,2-5,7,9-11,16H2,1H3,(H,35,41)/t25-,28+,29+,31+/m1/s1. The highest BCUT2D eigenvalue weighted by Gasteiger charge is 2.51. The quantitative estimate of drug-likeness (QED) is 0.314. The number of ether oxygens (including phenoxy) is 2. The van der Waals surface area contributed by atoms with Crippen LogP contribution in [-0.4, -0.2) is 71.7 Å². The van der Waals surface area contributed by atoms with Gasteiger partial charge in [-0.15, -0.1) is 0 Å². The van der Waals surface area contributed by atoms with E-state index >= 15 is 0 Å². The average Bonchev–Trinajstić information content (AvgIpc) is 3.68. The van der Waals surface area contributed by atoms with E-state index in [4.69, 9.17) is 32.7 Å². The fraction of sp³-hybridized carbons (Fsp3) is 0.469. The second-order valence-corrected chi connectivity index (χ2v) is 12.2. The van der Waals surface area contributed by atoms with E-state index in [1.54, 1.807) is 35.2 Å². The molecule has 3 aliphatic rings. The van der Waals surface area contributed by atoms with E-state index in [0.717, 1.165) is 19.3 Å². The molecule has 5 rings (SSSR count). The first-order valence-corrected chi connectivity index (χ1v) is 15.4. The number of methoxy groups -OCH3 is 1. The van der Waals surface area contributed by atoms with Crippen molar-refractivity contribution in [1.29, 1.82) is 0 Å². The first-order chi connectivity index (χ1) is 20.7. The van der Waals surface area contributed by atoms with Crippen LogP contribution in [0.1, 0.15) is 65.9 Å². The van der Waals surface area contributed by atoms with E-state index in [2.05, 4.69) is 5.32 Å². The normalized spacial score (nSPS) is 22.7. The number of carbonyl (C=O) groups excluding carboxylic acids is 3. The molecule has 1 aliphatic heterocycles. The molecule has 2 aliphatic carbocycles. The van der Waals surface area contributed by atoms with E-state index in [0.29, 0.717) is 56.9 Å². The minimum atomic E-state index is -1.23. The Balaban J connectivity index is 1.56. The van der Waals surface area contributed by atoms with Crippen molar-refractivity contribution in [2.45, 2.75) is 69.2 Å². The molecular formula is C32H36Cl2N2O7. The van der Waals surface area contributed by atoms with Crippen LogP contribution < -0.4 is 14.8 Å². The number of hydrogen-bond donors (Lipinski definition) is 3. The molecule has 0 aromatic heterocycles. The Morgan fingerprint density at radius 3 is 2.60 bits per heavy atom. The number of aldehydes is 1. The van der Waals surface area contributed by atoms with Crippen molar-refractivity contribution >= 4 is 41.3 Å². The molecule has 2 amide bonds. The topological polar surface area (TPSA) is 125 Å². The Morgan fingerprint density at radius 2 is 1.93 bits per heavy atom. The maximum atomic E-state index is 13.9. The maximum Gasteiger partial charge on any atom is 0.247 e. The van der Waals surface area contributed by atoms with Gasteiger partial charge in [-0.1, -0.05) is 55.0 Å². The van der Waals surface area contributed by atoms with Gasteiger partial charge in [-0.3, -0.25) is 14.4 Å². The average molecular weight is 632 g/mol. The third-order valence-corrected chi connectivity index (χ3v) is 9.41. The molecule has 43 heavy (non-hydrogen) atoms. The molecule has 2 aromatic rings. The number of benzene rings is 2. The largest absolute Gasteiger partial charge is 0.493 e. The lowest BCUT2D eigenvalue weighted by atomic mass is 9.77. The second kappa shape index (κ2) is 13.7. The van der Waals surface area contributed by atoms with Crippen LogP contribution in [0.25, 0.3) is 0 Å². The SMILES string of the molecule is COc1cc(C=O)cc2c1O[C@@H]1[C@@H](O)[C@H](N(Cc3ccc(Cl)c(Cl)c3)C(=O)CCC3CCCC3)C=C(C(=O)NCCO)[C@H]21. The highest BCUT2D eigenvalue weighted by molar-refractivity contribution is 6.42. The molecule has 2 aromatic carbocycles. The van der Waals surface area contributed by atoms with Crippen LogP contribution in [0.5, 0.6) is 11.5 Å². The van der Waals surface area contributed by atoms with Gasteiger partial charge in [0, 0.05) is 36.2 Å². The highest BCUT2D eigenvalue weighted by Crippen LogP contribution is 2.51. The Bertz CT molecular complexity index is 1410. The number of nitrogens with one attached hydrogen (secondary N) is 1. The summed E-state index contributed by atoms with van der Waals surface area (Å²) in [5.41, 5.74) is 1.83. The van der Waals surface area contributed by atoms with Gasteiger partial charge >= 0.3 is 0 Å². The van der Waals surface area contributed by atoms with Crippen molar-refractivity contribution in [2.75, 3.05) is 20.3 Å². The highest BCUT2D eigenvalue weighted by atomic mass is 35.5. The van der Waals surface area contributed by atoms with Crippen molar-refractivity contribution < 1.29 is 34.1 Å². The zero-order valence-corrected chi connectivity index (χ0v) is 25.4. The molecule has 230 valence electrons. The zero-order chi connectivity index (χ0) is 30.7. The van der Waals surface area contributed by atoms with Crippen LogP contribution in [0.15, 0.2) is 42.0 Å². The number of fused-ring (bicyclic) bond motifs is 3. The summed E-state index contributed by atoms with van der Waals surface area (Å²) < 4.78 is 11.8. The molecule has 4 atom stereocenters. The minimum absolute atomic E-state index is 0.0134. The van der Waals surface area contributed by atoms with Gasteiger partial charge in [0.1, 0.15) is 18.5 Å². The summed E-state index contributed by atoms with van der Waals surface area (Å²) in [4.78, 5) is 40.8. The van der Waals surface area contributed by atoms with E-state index in [-0.39, 0.29) is 31.2 Å². The molecular weight excluding hydrogens is 595 g/mol.